The molecule has 12 heteroatoms. The number of likely N-dealkylation sites (tertiary alicyclic amines) is 1. The van der Waals surface area contributed by atoms with Crippen molar-refractivity contribution in [2.75, 3.05) is 38.8 Å². The predicted octanol–water partition coefficient (Wildman–Crippen LogP) is 6.94. The van der Waals surface area contributed by atoms with Crippen molar-refractivity contribution in [3.63, 3.8) is 0 Å². The fraction of sp³-hybridized carbons (Fsp3) is 0.500. The van der Waals surface area contributed by atoms with E-state index in [1.165, 1.54) is 45.1 Å². The normalized spacial score (nSPS) is 21.6. The lowest BCUT2D eigenvalue weighted by molar-refractivity contribution is 0.0122. The lowest BCUT2D eigenvalue weighted by Gasteiger charge is -2.42. The third-order valence-electron chi connectivity index (χ3n) is 10.4. The van der Waals surface area contributed by atoms with Gasteiger partial charge in [-0.2, -0.15) is 9.97 Å². The van der Waals surface area contributed by atoms with Crippen LogP contribution in [0.4, 0.5) is 19.4 Å². The van der Waals surface area contributed by atoms with Crippen molar-refractivity contribution in [2.24, 2.45) is 0 Å². The molecule has 276 valence electrons. The van der Waals surface area contributed by atoms with Gasteiger partial charge in [0.1, 0.15) is 28.4 Å². The first kappa shape index (κ1) is 37.2. The predicted molar refractivity (Wildman–Crippen MR) is 198 cm³/mol. The van der Waals surface area contributed by atoms with E-state index in [1.807, 2.05) is 30.6 Å². The second-order valence-corrected chi connectivity index (χ2v) is 14.9. The van der Waals surface area contributed by atoms with Gasteiger partial charge in [-0.25, -0.2) is 13.6 Å². The molecule has 4 aromatic rings. The second-order valence-electron chi connectivity index (χ2n) is 14.9. The SMILES string of the molecule is C#Cc1c(F)ccc2cccc(-c3ncc4c(N5CC6CCC(C5)N6C(=O)OC(C)(C)C)nc(OC)nc4c3F)c12.CCCC1CCC(CO)N1C. The number of hydrogen-bond donors (Lipinski definition) is 1. The smallest absolute Gasteiger partial charge is 0.410 e. The van der Waals surface area contributed by atoms with E-state index in [0.717, 1.165) is 18.9 Å². The molecule has 10 nitrogen and oxygen atoms in total. The summed E-state index contributed by atoms with van der Waals surface area (Å²) in [5.41, 5.74) is -0.181. The second kappa shape index (κ2) is 15.2. The molecule has 0 aliphatic carbocycles. The molecule has 7 rings (SSSR count). The number of aromatic nitrogens is 3. The number of aliphatic hydroxyl groups is 1. The number of aliphatic hydroxyl groups excluding tert-OH is 1. The summed E-state index contributed by atoms with van der Waals surface area (Å²) < 4.78 is 42.0. The Morgan fingerprint density at radius 1 is 1.06 bits per heavy atom. The highest BCUT2D eigenvalue weighted by Gasteiger charge is 2.45. The Labute approximate surface area is 304 Å². The Morgan fingerprint density at radius 3 is 2.38 bits per heavy atom. The molecule has 0 radical (unpaired) electrons. The van der Waals surface area contributed by atoms with Crippen LogP contribution in [0.25, 0.3) is 32.9 Å². The average molecular weight is 715 g/mol. The molecule has 0 spiro atoms. The zero-order valence-corrected chi connectivity index (χ0v) is 30.8. The molecule has 2 bridgehead atoms. The van der Waals surface area contributed by atoms with Crippen molar-refractivity contribution in [3.8, 4) is 29.6 Å². The van der Waals surface area contributed by atoms with E-state index in [0.29, 0.717) is 53.3 Å². The van der Waals surface area contributed by atoms with Crippen LogP contribution in [0.5, 0.6) is 6.01 Å². The minimum absolute atomic E-state index is 0.00116. The zero-order valence-electron chi connectivity index (χ0n) is 30.8. The average Bonchev–Trinajstić information content (AvgIpc) is 3.61. The highest BCUT2D eigenvalue weighted by Crippen LogP contribution is 2.39. The van der Waals surface area contributed by atoms with E-state index in [4.69, 9.17) is 21.0 Å². The fourth-order valence-corrected chi connectivity index (χ4v) is 7.91. The number of fused-ring (bicyclic) bond motifs is 4. The number of ether oxygens (including phenoxy) is 2. The van der Waals surface area contributed by atoms with E-state index in [-0.39, 0.29) is 41.0 Å². The molecule has 2 aromatic carbocycles. The van der Waals surface area contributed by atoms with Crippen molar-refractivity contribution in [2.45, 2.75) is 96.0 Å². The number of terminal acetylenes is 1. The van der Waals surface area contributed by atoms with Gasteiger partial charge in [-0.15, -0.1) is 6.42 Å². The Morgan fingerprint density at radius 2 is 1.77 bits per heavy atom. The van der Waals surface area contributed by atoms with Crippen molar-refractivity contribution in [1.29, 1.82) is 0 Å². The third kappa shape index (κ3) is 7.21. The minimum Gasteiger partial charge on any atom is -0.467 e. The van der Waals surface area contributed by atoms with Crippen molar-refractivity contribution in [3.05, 3.63) is 53.7 Å². The summed E-state index contributed by atoms with van der Waals surface area (Å²) in [5, 5.41) is 10.4. The van der Waals surface area contributed by atoms with Gasteiger partial charge >= 0.3 is 12.1 Å². The molecule has 5 heterocycles. The molecule has 2 aromatic heterocycles. The van der Waals surface area contributed by atoms with Crippen LogP contribution in [-0.4, -0.2) is 99.6 Å². The maximum absolute atomic E-state index is 16.3. The van der Waals surface area contributed by atoms with Gasteiger partial charge in [-0.1, -0.05) is 43.5 Å². The van der Waals surface area contributed by atoms with Crippen LogP contribution >= 0.6 is 0 Å². The van der Waals surface area contributed by atoms with E-state index in [1.54, 1.807) is 24.3 Å². The quantitative estimate of drug-likeness (QED) is 0.213. The number of methoxy groups -OCH3 is 1. The molecular weight excluding hydrogens is 666 g/mol. The van der Waals surface area contributed by atoms with Gasteiger partial charge in [0.2, 0.25) is 0 Å². The van der Waals surface area contributed by atoms with Crippen molar-refractivity contribution < 1.29 is 28.2 Å². The number of amides is 1. The molecule has 3 saturated heterocycles. The summed E-state index contributed by atoms with van der Waals surface area (Å²) in [6, 6.07) is 9.09. The van der Waals surface area contributed by atoms with Crippen LogP contribution in [0.15, 0.2) is 36.5 Å². The van der Waals surface area contributed by atoms with Crippen molar-refractivity contribution in [1.82, 2.24) is 24.8 Å². The van der Waals surface area contributed by atoms with Crippen LogP contribution in [0.3, 0.4) is 0 Å². The number of anilines is 1. The number of carbonyl (C=O) groups is 1. The molecule has 0 saturated carbocycles. The zero-order chi connectivity index (χ0) is 37.3. The first-order chi connectivity index (χ1) is 24.9. The van der Waals surface area contributed by atoms with Gasteiger partial charge in [0.25, 0.3) is 0 Å². The van der Waals surface area contributed by atoms with Crippen LogP contribution in [0.1, 0.15) is 71.8 Å². The van der Waals surface area contributed by atoms with E-state index in [9.17, 15) is 9.18 Å². The summed E-state index contributed by atoms with van der Waals surface area (Å²) in [6.45, 7) is 9.07. The minimum atomic E-state index is -0.695. The molecule has 4 atom stereocenters. The summed E-state index contributed by atoms with van der Waals surface area (Å²) in [4.78, 5) is 32.5. The van der Waals surface area contributed by atoms with Gasteiger partial charge in [0.05, 0.1) is 36.8 Å². The summed E-state index contributed by atoms with van der Waals surface area (Å²) in [7, 11) is 3.55. The lowest BCUT2D eigenvalue weighted by atomic mass is 9.96. The number of piperazine rings is 1. The lowest BCUT2D eigenvalue weighted by Crippen LogP contribution is -2.57. The Kier molecular flexibility index (Phi) is 10.8. The van der Waals surface area contributed by atoms with Gasteiger partial charge in [0, 0.05) is 42.3 Å². The number of rotatable bonds is 6. The number of hydrogen-bond acceptors (Lipinski definition) is 9. The number of halogens is 2. The standard InChI is InChI=1S/C31H29F2N5O3.C9H19NO/c1-6-20-23(32)13-10-17-8-7-9-21(24(17)20)26-25(33)27-22(14-34-26)28(36-29(35-27)40-5)37-15-18-11-12-19(16-37)38(18)30(39)41-31(2,3)4;1-3-4-8-5-6-9(7-11)10(8)2/h1,7-10,13-14,18-19H,11-12,15-16H2,2-5H3;8-9,11H,3-7H2,1-2H3. The largest absolute Gasteiger partial charge is 0.467 e. The molecule has 4 unspecified atom stereocenters. The van der Waals surface area contributed by atoms with E-state index < -0.39 is 17.2 Å². The monoisotopic (exact) mass is 714 g/mol. The Bertz CT molecular complexity index is 1980. The molecule has 1 N–H and O–H groups in total. The molecular formula is C40H48F2N6O4. The number of nitrogens with zero attached hydrogens (tertiary/aromatic N) is 6. The highest BCUT2D eigenvalue weighted by molar-refractivity contribution is 6.02. The van der Waals surface area contributed by atoms with Gasteiger partial charge in [-0.3, -0.25) is 14.8 Å². The first-order valence-electron chi connectivity index (χ1n) is 18.1. The van der Waals surface area contributed by atoms with Crippen molar-refractivity contribution >= 4 is 33.6 Å². The van der Waals surface area contributed by atoms with Gasteiger partial charge in [0.15, 0.2) is 5.82 Å². The van der Waals surface area contributed by atoms with E-state index in [2.05, 4.69) is 39.7 Å². The van der Waals surface area contributed by atoms with Crippen LogP contribution in [-0.2, 0) is 4.74 Å². The van der Waals surface area contributed by atoms with E-state index >= 15 is 4.39 Å². The molecule has 3 fully saturated rings. The molecule has 52 heavy (non-hydrogen) atoms. The van der Waals surface area contributed by atoms with Gasteiger partial charge < -0.3 is 19.5 Å². The maximum Gasteiger partial charge on any atom is 0.410 e. The maximum atomic E-state index is 16.3. The van der Waals surface area contributed by atoms with Crippen LogP contribution < -0.4 is 9.64 Å². The third-order valence-corrected chi connectivity index (χ3v) is 10.4. The molecule has 3 aliphatic heterocycles. The Hall–Kier alpha value is -4.60. The molecule has 1 amide bonds. The van der Waals surface area contributed by atoms with Crippen LogP contribution in [0, 0.1) is 24.0 Å². The Balaban J connectivity index is 0.000000362. The first-order valence-corrected chi connectivity index (χ1v) is 18.1. The van der Waals surface area contributed by atoms with Crippen LogP contribution in [0.2, 0.25) is 0 Å². The number of pyridine rings is 1. The topological polar surface area (TPSA) is 104 Å². The van der Waals surface area contributed by atoms with Gasteiger partial charge in [-0.05, 0) is 71.4 Å². The highest BCUT2D eigenvalue weighted by atomic mass is 19.1. The molecule has 3 aliphatic rings. The summed E-state index contributed by atoms with van der Waals surface area (Å²) in [5.74, 6) is 1.61. The summed E-state index contributed by atoms with van der Waals surface area (Å²) >= 11 is 0. The number of benzene rings is 2. The number of likely N-dealkylation sites (N-methyl/N-ethyl adjacent to an activating group) is 1. The fourth-order valence-electron chi connectivity index (χ4n) is 7.91. The summed E-state index contributed by atoms with van der Waals surface area (Å²) in [6.07, 6.45) is 13.5. The number of carbonyl (C=O) groups excluding carboxylic acids is 1.